The SMILES string of the molecule is CCCCC1CCN(CCCOc2cc3c(Nc4ccc(F)c(Cl)c4)ncnc3cc2OC)C1. The van der Waals surface area contributed by atoms with Crippen LogP contribution in [0.5, 0.6) is 11.5 Å². The molecule has 1 aliphatic rings. The molecule has 3 aromatic rings. The number of hydrogen-bond acceptors (Lipinski definition) is 6. The minimum absolute atomic E-state index is 0.0451. The van der Waals surface area contributed by atoms with Crippen LogP contribution in [-0.4, -0.2) is 48.2 Å². The highest BCUT2D eigenvalue weighted by molar-refractivity contribution is 6.31. The molecule has 0 amide bonds. The van der Waals surface area contributed by atoms with E-state index in [0.717, 1.165) is 24.3 Å². The smallest absolute Gasteiger partial charge is 0.162 e. The van der Waals surface area contributed by atoms with Crippen molar-refractivity contribution in [3.63, 3.8) is 0 Å². The van der Waals surface area contributed by atoms with E-state index >= 15 is 0 Å². The summed E-state index contributed by atoms with van der Waals surface area (Å²) in [5.74, 6) is 2.24. The van der Waals surface area contributed by atoms with E-state index in [2.05, 4.69) is 27.1 Å². The Morgan fingerprint density at radius 1 is 1.18 bits per heavy atom. The fourth-order valence-electron chi connectivity index (χ4n) is 4.46. The van der Waals surface area contributed by atoms with Gasteiger partial charge in [-0.25, -0.2) is 14.4 Å². The van der Waals surface area contributed by atoms with E-state index in [1.54, 1.807) is 13.2 Å². The van der Waals surface area contributed by atoms with Gasteiger partial charge in [0.2, 0.25) is 0 Å². The molecule has 1 atom stereocenters. The Balaban J connectivity index is 1.41. The number of nitrogens with one attached hydrogen (secondary N) is 1. The van der Waals surface area contributed by atoms with Crippen molar-refractivity contribution in [2.75, 3.05) is 38.7 Å². The lowest BCUT2D eigenvalue weighted by molar-refractivity contribution is 0.250. The van der Waals surface area contributed by atoms with Crippen molar-refractivity contribution in [2.24, 2.45) is 5.92 Å². The third-order valence-electron chi connectivity index (χ3n) is 6.32. The van der Waals surface area contributed by atoms with Crippen LogP contribution in [0.25, 0.3) is 10.9 Å². The van der Waals surface area contributed by atoms with Gasteiger partial charge in [-0.15, -0.1) is 0 Å². The number of likely N-dealkylation sites (tertiary alicyclic amines) is 1. The van der Waals surface area contributed by atoms with E-state index in [1.807, 2.05) is 12.1 Å². The molecular formula is C26H32ClFN4O2. The normalized spacial score (nSPS) is 16.2. The number of rotatable bonds is 11. The van der Waals surface area contributed by atoms with Crippen molar-refractivity contribution in [3.05, 3.63) is 47.5 Å². The largest absolute Gasteiger partial charge is 0.493 e. The number of anilines is 2. The number of benzene rings is 2. The number of methoxy groups -OCH3 is 1. The third-order valence-corrected chi connectivity index (χ3v) is 6.60. The lowest BCUT2D eigenvalue weighted by atomic mass is 10.0. The van der Waals surface area contributed by atoms with Crippen molar-refractivity contribution >= 4 is 34.0 Å². The maximum Gasteiger partial charge on any atom is 0.162 e. The van der Waals surface area contributed by atoms with Gasteiger partial charge in [0.05, 0.1) is 24.3 Å². The zero-order valence-corrected chi connectivity index (χ0v) is 20.6. The maximum absolute atomic E-state index is 13.5. The van der Waals surface area contributed by atoms with Crippen LogP contribution in [0.15, 0.2) is 36.7 Å². The second kappa shape index (κ2) is 11.7. The lowest BCUT2D eigenvalue weighted by Crippen LogP contribution is -2.23. The Morgan fingerprint density at radius 2 is 2.06 bits per heavy atom. The van der Waals surface area contributed by atoms with Gasteiger partial charge < -0.3 is 19.7 Å². The van der Waals surface area contributed by atoms with Gasteiger partial charge in [-0.1, -0.05) is 31.4 Å². The van der Waals surface area contributed by atoms with Gasteiger partial charge in [-0.2, -0.15) is 0 Å². The molecule has 0 spiro atoms. The van der Waals surface area contributed by atoms with Crippen molar-refractivity contribution in [1.29, 1.82) is 0 Å². The zero-order valence-electron chi connectivity index (χ0n) is 19.8. The molecule has 1 saturated heterocycles. The lowest BCUT2D eigenvalue weighted by Gasteiger charge is -2.17. The molecule has 2 aromatic carbocycles. The molecule has 1 N–H and O–H groups in total. The average molecular weight is 487 g/mol. The standard InChI is InChI=1S/C26H32ClFN4O2/c1-3-4-6-18-9-11-32(16-18)10-5-12-34-25-14-20-23(15-24(25)33-2)29-17-30-26(20)31-19-7-8-22(28)21(27)13-19/h7-8,13-15,17-18H,3-6,9-12,16H2,1-2H3,(H,29,30,31). The van der Waals surface area contributed by atoms with Crippen LogP contribution >= 0.6 is 11.6 Å². The minimum atomic E-state index is -0.467. The van der Waals surface area contributed by atoms with Gasteiger partial charge in [-0.05, 0) is 56.0 Å². The molecule has 0 radical (unpaired) electrons. The Bertz CT molecular complexity index is 1110. The van der Waals surface area contributed by atoms with Crippen LogP contribution in [0, 0.1) is 11.7 Å². The molecule has 2 heterocycles. The molecule has 0 saturated carbocycles. The second-order valence-corrected chi connectivity index (χ2v) is 9.20. The Kier molecular flexibility index (Phi) is 8.40. The predicted octanol–water partition coefficient (Wildman–Crippen LogP) is 6.46. The topological polar surface area (TPSA) is 59.5 Å². The summed E-state index contributed by atoms with van der Waals surface area (Å²) < 4.78 is 25.2. The molecule has 1 aliphatic heterocycles. The van der Waals surface area contributed by atoms with Gasteiger partial charge in [0, 0.05) is 30.2 Å². The predicted molar refractivity (Wildman–Crippen MR) is 135 cm³/mol. The van der Waals surface area contributed by atoms with E-state index in [4.69, 9.17) is 21.1 Å². The fraction of sp³-hybridized carbons (Fsp3) is 0.462. The summed E-state index contributed by atoms with van der Waals surface area (Å²) in [6.07, 6.45) is 7.69. The molecule has 0 bridgehead atoms. The monoisotopic (exact) mass is 486 g/mol. The highest BCUT2D eigenvalue weighted by Crippen LogP contribution is 2.35. The van der Waals surface area contributed by atoms with E-state index in [0.29, 0.717) is 35.1 Å². The number of fused-ring (bicyclic) bond motifs is 1. The highest BCUT2D eigenvalue weighted by Gasteiger charge is 2.21. The summed E-state index contributed by atoms with van der Waals surface area (Å²) in [7, 11) is 1.62. The second-order valence-electron chi connectivity index (χ2n) is 8.80. The third kappa shape index (κ3) is 6.07. The maximum atomic E-state index is 13.5. The first-order chi connectivity index (χ1) is 16.6. The highest BCUT2D eigenvalue weighted by atomic mass is 35.5. The first-order valence-corrected chi connectivity index (χ1v) is 12.3. The summed E-state index contributed by atoms with van der Waals surface area (Å²) in [6, 6.07) is 8.18. The Morgan fingerprint density at radius 3 is 2.85 bits per heavy atom. The minimum Gasteiger partial charge on any atom is -0.493 e. The van der Waals surface area contributed by atoms with Crippen LogP contribution in [-0.2, 0) is 0 Å². The van der Waals surface area contributed by atoms with E-state index in [-0.39, 0.29) is 5.02 Å². The molecular weight excluding hydrogens is 455 g/mol. The first kappa shape index (κ1) is 24.5. The quantitative estimate of drug-likeness (QED) is 0.314. The molecule has 6 nitrogen and oxygen atoms in total. The molecule has 1 fully saturated rings. The summed E-state index contributed by atoms with van der Waals surface area (Å²) in [5.41, 5.74) is 1.35. The van der Waals surface area contributed by atoms with Crippen molar-refractivity contribution in [1.82, 2.24) is 14.9 Å². The van der Waals surface area contributed by atoms with Gasteiger partial charge in [0.25, 0.3) is 0 Å². The van der Waals surface area contributed by atoms with Gasteiger partial charge in [-0.3, -0.25) is 0 Å². The molecule has 8 heteroatoms. The number of aromatic nitrogens is 2. The first-order valence-electron chi connectivity index (χ1n) is 12.0. The number of unbranched alkanes of at least 4 members (excludes halogenated alkanes) is 1. The fourth-order valence-corrected chi connectivity index (χ4v) is 4.64. The Hall–Kier alpha value is -2.64. The van der Waals surface area contributed by atoms with E-state index in [9.17, 15) is 4.39 Å². The molecule has 1 unspecified atom stereocenters. The van der Waals surface area contributed by atoms with Crippen LogP contribution in [0.3, 0.4) is 0 Å². The summed E-state index contributed by atoms with van der Waals surface area (Å²) in [6.45, 7) is 6.29. The van der Waals surface area contributed by atoms with Gasteiger partial charge >= 0.3 is 0 Å². The van der Waals surface area contributed by atoms with Crippen LogP contribution in [0.4, 0.5) is 15.9 Å². The molecule has 182 valence electrons. The van der Waals surface area contributed by atoms with Crippen LogP contribution in [0.1, 0.15) is 39.0 Å². The summed E-state index contributed by atoms with van der Waals surface area (Å²) in [5, 5.41) is 4.02. The number of halogens is 2. The molecule has 34 heavy (non-hydrogen) atoms. The average Bonchev–Trinajstić information content (AvgIpc) is 3.30. The summed E-state index contributed by atoms with van der Waals surface area (Å²) in [4.78, 5) is 11.3. The number of ether oxygens (including phenoxy) is 2. The number of hydrogen-bond donors (Lipinski definition) is 1. The van der Waals surface area contributed by atoms with E-state index in [1.165, 1.54) is 57.2 Å². The zero-order chi connectivity index (χ0) is 23.9. The van der Waals surface area contributed by atoms with Gasteiger partial charge in [0.15, 0.2) is 11.5 Å². The van der Waals surface area contributed by atoms with Gasteiger partial charge in [0.1, 0.15) is 18.0 Å². The summed E-state index contributed by atoms with van der Waals surface area (Å²) >= 11 is 5.92. The Labute approximate surface area is 205 Å². The van der Waals surface area contributed by atoms with Crippen LogP contribution in [0.2, 0.25) is 5.02 Å². The van der Waals surface area contributed by atoms with Crippen molar-refractivity contribution < 1.29 is 13.9 Å². The van der Waals surface area contributed by atoms with Crippen LogP contribution < -0.4 is 14.8 Å². The molecule has 4 rings (SSSR count). The number of nitrogens with zero attached hydrogens (tertiary/aromatic N) is 3. The van der Waals surface area contributed by atoms with Crippen molar-refractivity contribution in [2.45, 2.75) is 39.0 Å². The van der Waals surface area contributed by atoms with E-state index < -0.39 is 5.82 Å². The van der Waals surface area contributed by atoms with Crippen molar-refractivity contribution in [3.8, 4) is 11.5 Å². The molecule has 0 aliphatic carbocycles. The molecule has 1 aromatic heterocycles.